The van der Waals surface area contributed by atoms with Gasteiger partial charge in [-0.2, -0.15) is 0 Å². The van der Waals surface area contributed by atoms with Crippen molar-refractivity contribution >= 4 is 28.9 Å². The van der Waals surface area contributed by atoms with E-state index in [4.69, 9.17) is 9.47 Å². The Hall–Kier alpha value is -4.59. The minimum Gasteiger partial charge on any atom is -0.467 e. The Bertz CT molecular complexity index is 1520. The van der Waals surface area contributed by atoms with Crippen LogP contribution in [0.3, 0.4) is 0 Å². The number of nitrogens with one attached hydrogen (secondary N) is 2. The molecule has 0 spiro atoms. The molecule has 198 valence electrons. The smallest absolute Gasteiger partial charge is 0.407 e. The van der Waals surface area contributed by atoms with E-state index in [2.05, 4.69) is 34.6 Å². The molecule has 0 radical (unpaired) electrons. The number of para-hydroxylation sites is 1. The van der Waals surface area contributed by atoms with Crippen molar-refractivity contribution in [1.82, 2.24) is 15.2 Å². The van der Waals surface area contributed by atoms with Gasteiger partial charge in [-0.05, 0) is 40.3 Å². The van der Waals surface area contributed by atoms with Gasteiger partial charge in [0.15, 0.2) is 0 Å². The molecule has 4 aromatic rings. The Morgan fingerprint density at radius 1 is 1.00 bits per heavy atom. The summed E-state index contributed by atoms with van der Waals surface area (Å²) in [5, 5.41) is 3.71. The number of fused-ring (bicyclic) bond motifs is 4. The number of aromatic nitrogens is 1. The molecule has 3 aromatic carbocycles. The lowest BCUT2D eigenvalue weighted by atomic mass is 9.98. The average molecular weight is 524 g/mol. The molecule has 1 fully saturated rings. The molecule has 2 amide bonds. The lowest BCUT2D eigenvalue weighted by Crippen LogP contribution is -2.48. The third-order valence-corrected chi connectivity index (χ3v) is 7.81. The third-order valence-electron chi connectivity index (χ3n) is 7.81. The van der Waals surface area contributed by atoms with Crippen molar-refractivity contribution in [1.29, 1.82) is 0 Å². The standard InChI is InChI=1S/C31H29N3O5/c1-38-30(36)28(16-19-17-32-26-13-7-6-8-20(19)26)34-15-14-27(29(34)35)33-31(37)39-18-25-23-11-4-2-9-21(23)22-10-3-5-12-24(22)25/h2-13,17,25,27-28,32H,14-16,18H2,1H3,(H,33,37)/t27-,28?/m0/s1. The van der Waals surface area contributed by atoms with E-state index in [9.17, 15) is 14.4 Å². The van der Waals surface area contributed by atoms with Crippen molar-refractivity contribution in [3.63, 3.8) is 0 Å². The SMILES string of the molecule is COC(=O)C(Cc1c[nH]c2ccccc12)N1CC[C@H](NC(=O)OCC2c3ccccc3-c3ccccc32)C1=O. The number of methoxy groups -OCH3 is 1. The molecule has 1 aromatic heterocycles. The van der Waals surface area contributed by atoms with Gasteiger partial charge < -0.3 is 24.7 Å². The first-order chi connectivity index (χ1) is 19.0. The van der Waals surface area contributed by atoms with E-state index < -0.39 is 24.1 Å². The highest BCUT2D eigenvalue weighted by Gasteiger charge is 2.41. The predicted octanol–water partition coefficient (Wildman–Crippen LogP) is 4.39. The second kappa shape index (κ2) is 10.3. The number of carbonyl (C=O) groups excluding carboxylic acids is 3. The Balaban J connectivity index is 1.11. The maximum Gasteiger partial charge on any atom is 0.407 e. The number of benzene rings is 3. The number of hydrogen-bond donors (Lipinski definition) is 2. The number of nitrogens with zero attached hydrogens (tertiary/aromatic N) is 1. The van der Waals surface area contributed by atoms with Gasteiger partial charge in [0.25, 0.3) is 0 Å². The third kappa shape index (κ3) is 4.52. The van der Waals surface area contributed by atoms with Crippen molar-refractivity contribution in [3.8, 4) is 11.1 Å². The minimum absolute atomic E-state index is 0.0705. The van der Waals surface area contributed by atoms with Crippen LogP contribution in [0.5, 0.6) is 0 Å². The Kier molecular flexibility index (Phi) is 6.52. The zero-order valence-electron chi connectivity index (χ0n) is 21.6. The second-order valence-corrected chi connectivity index (χ2v) is 9.95. The number of carbonyl (C=O) groups is 3. The van der Waals surface area contributed by atoms with Gasteiger partial charge in [0.2, 0.25) is 5.91 Å². The van der Waals surface area contributed by atoms with Crippen LogP contribution in [0.2, 0.25) is 0 Å². The molecule has 1 aliphatic heterocycles. The summed E-state index contributed by atoms with van der Waals surface area (Å²) >= 11 is 0. The van der Waals surface area contributed by atoms with Gasteiger partial charge in [0.1, 0.15) is 18.7 Å². The number of H-pyrrole nitrogens is 1. The summed E-state index contributed by atoms with van der Waals surface area (Å²) in [5.41, 5.74) is 6.40. The highest BCUT2D eigenvalue weighted by atomic mass is 16.5. The fourth-order valence-electron chi connectivity index (χ4n) is 5.89. The van der Waals surface area contributed by atoms with Crippen LogP contribution in [0.15, 0.2) is 79.0 Å². The molecule has 2 heterocycles. The summed E-state index contributed by atoms with van der Waals surface area (Å²) in [6.07, 6.45) is 1.89. The lowest BCUT2D eigenvalue weighted by Gasteiger charge is -2.26. The van der Waals surface area contributed by atoms with E-state index in [1.165, 1.54) is 12.0 Å². The summed E-state index contributed by atoms with van der Waals surface area (Å²) in [4.78, 5) is 43.6. The van der Waals surface area contributed by atoms with Crippen LogP contribution in [0.1, 0.15) is 29.0 Å². The molecular weight excluding hydrogens is 494 g/mol. The molecule has 0 saturated carbocycles. The average Bonchev–Trinajstić information content (AvgIpc) is 3.64. The molecule has 8 nitrogen and oxygen atoms in total. The van der Waals surface area contributed by atoms with Crippen molar-refractivity contribution in [2.75, 3.05) is 20.3 Å². The number of ether oxygens (including phenoxy) is 2. The van der Waals surface area contributed by atoms with E-state index in [0.29, 0.717) is 19.4 Å². The van der Waals surface area contributed by atoms with Crippen LogP contribution in [0, 0.1) is 0 Å². The lowest BCUT2D eigenvalue weighted by molar-refractivity contribution is -0.151. The highest BCUT2D eigenvalue weighted by Crippen LogP contribution is 2.44. The van der Waals surface area contributed by atoms with Crippen LogP contribution in [0.25, 0.3) is 22.0 Å². The number of rotatable bonds is 7. The molecule has 1 unspecified atom stereocenters. The first-order valence-corrected chi connectivity index (χ1v) is 13.1. The van der Waals surface area contributed by atoms with Crippen molar-refractivity contribution in [2.45, 2.75) is 30.8 Å². The number of hydrogen-bond acceptors (Lipinski definition) is 5. The Morgan fingerprint density at radius 3 is 2.38 bits per heavy atom. The van der Waals surface area contributed by atoms with Crippen LogP contribution in [-0.2, 0) is 25.5 Å². The molecule has 39 heavy (non-hydrogen) atoms. The zero-order valence-corrected chi connectivity index (χ0v) is 21.6. The van der Waals surface area contributed by atoms with Crippen LogP contribution >= 0.6 is 0 Å². The first-order valence-electron chi connectivity index (χ1n) is 13.1. The summed E-state index contributed by atoms with van der Waals surface area (Å²) in [5.74, 6) is -0.882. The normalized spacial score (nSPS) is 17.1. The maximum absolute atomic E-state index is 13.3. The molecule has 2 N–H and O–H groups in total. The van der Waals surface area contributed by atoms with Gasteiger partial charge in [-0.25, -0.2) is 9.59 Å². The van der Waals surface area contributed by atoms with Gasteiger partial charge in [-0.3, -0.25) is 4.79 Å². The molecule has 6 rings (SSSR count). The fourth-order valence-corrected chi connectivity index (χ4v) is 5.89. The van der Waals surface area contributed by atoms with Crippen molar-refractivity contribution < 1.29 is 23.9 Å². The molecule has 0 bridgehead atoms. The molecule has 2 atom stereocenters. The summed E-state index contributed by atoms with van der Waals surface area (Å²) in [7, 11) is 1.32. The Morgan fingerprint density at radius 2 is 1.67 bits per heavy atom. The molecular formula is C31H29N3O5. The number of amides is 2. The monoisotopic (exact) mass is 523 g/mol. The van der Waals surface area contributed by atoms with E-state index in [1.807, 2.05) is 54.7 Å². The van der Waals surface area contributed by atoms with Gasteiger partial charge in [0, 0.05) is 36.0 Å². The summed E-state index contributed by atoms with van der Waals surface area (Å²) < 4.78 is 10.7. The number of aromatic amines is 1. The van der Waals surface area contributed by atoms with Gasteiger partial charge in [-0.15, -0.1) is 0 Å². The van der Waals surface area contributed by atoms with Gasteiger partial charge in [-0.1, -0.05) is 66.7 Å². The highest BCUT2D eigenvalue weighted by molar-refractivity contribution is 5.92. The van der Waals surface area contributed by atoms with Gasteiger partial charge in [0.05, 0.1) is 7.11 Å². The minimum atomic E-state index is -0.795. The molecule has 2 aliphatic rings. The van der Waals surface area contributed by atoms with Crippen molar-refractivity contribution in [3.05, 3.63) is 95.7 Å². The van der Waals surface area contributed by atoms with Crippen molar-refractivity contribution in [2.24, 2.45) is 0 Å². The number of alkyl carbamates (subject to hydrolysis) is 1. The first kappa shape index (κ1) is 24.7. The van der Waals surface area contributed by atoms with E-state index in [1.54, 1.807) is 0 Å². The predicted molar refractivity (Wildman–Crippen MR) is 146 cm³/mol. The largest absolute Gasteiger partial charge is 0.467 e. The topological polar surface area (TPSA) is 101 Å². The molecule has 8 heteroatoms. The van der Waals surface area contributed by atoms with E-state index >= 15 is 0 Å². The van der Waals surface area contributed by atoms with Crippen LogP contribution in [-0.4, -0.2) is 60.2 Å². The van der Waals surface area contributed by atoms with Gasteiger partial charge >= 0.3 is 12.1 Å². The second-order valence-electron chi connectivity index (χ2n) is 9.95. The van der Waals surface area contributed by atoms with Crippen LogP contribution < -0.4 is 5.32 Å². The Labute approximate surface area is 225 Å². The summed E-state index contributed by atoms with van der Waals surface area (Å²) in [6.45, 7) is 0.491. The quantitative estimate of drug-likeness (QED) is 0.350. The van der Waals surface area contributed by atoms with E-state index in [-0.39, 0.29) is 18.4 Å². The zero-order chi connectivity index (χ0) is 26.9. The molecule has 1 aliphatic carbocycles. The van der Waals surface area contributed by atoms with E-state index in [0.717, 1.165) is 38.7 Å². The summed E-state index contributed by atoms with van der Waals surface area (Å²) in [6, 6.07) is 22.5. The molecule has 1 saturated heterocycles. The number of likely N-dealkylation sites (tertiary alicyclic amines) is 1. The number of esters is 1. The van der Waals surface area contributed by atoms with Crippen LogP contribution in [0.4, 0.5) is 4.79 Å². The maximum atomic E-state index is 13.3. The fraction of sp³-hybridized carbons (Fsp3) is 0.258.